The van der Waals surface area contributed by atoms with Crippen LogP contribution in [0.25, 0.3) is 0 Å². The first-order valence-corrected chi connectivity index (χ1v) is 10.1. The Balaban J connectivity index is 1.78. The average molecular weight is 433 g/mol. The molecule has 5 nitrogen and oxygen atoms in total. The van der Waals surface area contributed by atoms with E-state index in [1.165, 1.54) is 0 Å². The lowest BCUT2D eigenvalue weighted by Gasteiger charge is -2.31. The minimum Gasteiger partial charge on any atom is -0.344 e. The van der Waals surface area contributed by atoms with Gasteiger partial charge in [-0.05, 0) is 43.6 Å². The number of halogens is 3. The van der Waals surface area contributed by atoms with Crippen LogP contribution in [0.15, 0.2) is 54.6 Å². The van der Waals surface area contributed by atoms with Crippen LogP contribution >= 0.6 is 0 Å². The van der Waals surface area contributed by atoms with Crippen LogP contribution in [0.5, 0.6) is 0 Å². The van der Waals surface area contributed by atoms with E-state index in [1.54, 1.807) is 0 Å². The van der Waals surface area contributed by atoms with Crippen molar-refractivity contribution in [3.05, 3.63) is 71.3 Å². The molecule has 2 amide bonds. The summed E-state index contributed by atoms with van der Waals surface area (Å²) in [5.41, 5.74) is 2.75. The van der Waals surface area contributed by atoms with E-state index in [4.69, 9.17) is 0 Å². The molecule has 1 aliphatic rings. The molecule has 2 aromatic rings. The molecule has 0 aliphatic carbocycles. The zero-order valence-corrected chi connectivity index (χ0v) is 17.4. The Morgan fingerprint density at radius 2 is 1.68 bits per heavy atom. The largest absolute Gasteiger partial charge is 0.408 e. The number of nitrogens with one attached hydrogen (secondary N) is 2. The highest BCUT2D eigenvalue weighted by Gasteiger charge is 2.46. The predicted octanol–water partition coefficient (Wildman–Crippen LogP) is 3.41. The molecule has 0 radical (unpaired) electrons. The number of amides is 2. The molecule has 0 spiro atoms. The van der Waals surface area contributed by atoms with E-state index in [-0.39, 0.29) is 12.8 Å². The van der Waals surface area contributed by atoms with E-state index < -0.39 is 36.0 Å². The van der Waals surface area contributed by atoms with Gasteiger partial charge in [0.15, 0.2) is 0 Å². The topological polar surface area (TPSA) is 61.4 Å². The van der Waals surface area contributed by atoms with Crippen molar-refractivity contribution in [2.75, 3.05) is 14.1 Å². The average Bonchev–Trinajstić information content (AvgIpc) is 2.72. The number of alkyl halides is 3. The van der Waals surface area contributed by atoms with Gasteiger partial charge in [-0.15, -0.1) is 0 Å². The van der Waals surface area contributed by atoms with E-state index >= 15 is 0 Å². The van der Waals surface area contributed by atoms with Crippen LogP contribution in [0.4, 0.5) is 13.2 Å². The van der Waals surface area contributed by atoms with Crippen molar-refractivity contribution in [3.8, 4) is 0 Å². The fourth-order valence-electron chi connectivity index (χ4n) is 3.73. The van der Waals surface area contributed by atoms with Crippen molar-refractivity contribution in [1.29, 1.82) is 0 Å². The number of piperidine rings is 1. The van der Waals surface area contributed by atoms with Crippen LogP contribution in [0.2, 0.25) is 0 Å². The van der Waals surface area contributed by atoms with Gasteiger partial charge in [0.1, 0.15) is 12.0 Å². The SMILES string of the molecule is CN(C)Cc1ccc(C(NC(=O)C2CCC(C(F)(F)F)NC2=O)c2ccccc2)cc1. The van der Waals surface area contributed by atoms with Crippen molar-refractivity contribution in [2.24, 2.45) is 5.92 Å². The van der Waals surface area contributed by atoms with Gasteiger partial charge in [0.25, 0.3) is 0 Å². The Kier molecular flexibility index (Phi) is 7.00. The van der Waals surface area contributed by atoms with E-state index in [0.717, 1.165) is 23.2 Å². The number of nitrogens with zero attached hydrogens (tertiary/aromatic N) is 1. The second kappa shape index (κ2) is 9.51. The highest BCUT2D eigenvalue weighted by atomic mass is 19.4. The van der Waals surface area contributed by atoms with Gasteiger partial charge in [-0.1, -0.05) is 54.6 Å². The maximum Gasteiger partial charge on any atom is 0.408 e. The Morgan fingerprint density at radius 1 is 1.06 bits per heavy atom. The van der Waals surface area contributed by atoms with Crippen LogP contribution in [-0.4, -0.2) is 43.0 Å². The van der Waals surface area contributed by atoms with Crippen LogP contribution in [0.3, 0.4) is 0 Å². The Bertz CT molecular complexity index is 899. The second-order valence-corrected chi connectivity index (χ2v) is 8.06. The smallest absolute Gasteiger partial charge is 0.344 e. The Labute approximate surface area is 179 Å². The normalized spacial score (nSPS) is 20.3. The standard InChI is InChI=1S/C23H26F3N3O2/c1-29(2)14-15-8-10-17(11-9-15)20(16-6-4-3-5-7-16)28-22(31)18-12-13-19(23(24,25)26)27-21(18)30/h3-11,18-20H,12-14H2,1-2H3,(H,27,30)(H,28,31). The summed E-state index contributed by atoms with van der Waals surface area (Å²) in [6.07, 6.45) is -4.98. The van der Waals surface area contributed by atoms with E-state index in [2.05, 4.69) is 5.32 Å². The van der Waals surface area contributed by atoms with Gasteiger partial charge in [0, 0.05) is 6.54 Å². The van der Waals surface area contributed by atoms with Gasteiger partial charge in [-0.2, -0.15) is 13.2 Å². The van der Waals surface area contributed by atoms with E-state index in [0.29, 0.717) is 0 Å². The summed E-state index contributed by atoms with van der Waals surface area (Å²) in [5.74, 6) is -2.62. The molecule has 1 heterocycles. The third kappa shape index (κ3) is 5.85. The summed E-state index contributed by atoms with van der Waals surface area (Å²) < 4.78 is 38.7. The van der Waals surface area contributed by atoms with Crippen LogP contribution in [0.1, 0.15) is 35.6 Å². The summed E-state index contributed by atoms with van der Waals surface area (Å²) in [7, 11) is 3.94. The number of rotatable bonds is 6. The lowest BCUT2D eigenvalue weighted by Crippen LogP contribution is -2.54. The van der Waals surface area contributed by atoms with Gasteiger partial charge >= 0.3 is 6.18 Å². The molecule has 0 saturated carbocycles. The zero-order chi connectivity index (χ0) is 22.6. The van der Waals surface area contributed by atoms with Crippen molar-refractivity contribution in [2.45, 2.75) is 37.6 Å². The number of hydrogen-bond acceptors (Lipinski definition) is 3. The Morgan fingerprint density at radius 3 is 2.23 bits per heavy atom. The number of carbonyl (C=O) groups is 2. The summed E-state index contributed by atoms with van der Waals surface area (Å²) in [6, 6.07) is 14.6. The molecule has 1 aliphatic heterocycles. The molecule has 1 fully saturated rings. The third-order valence-electron chi connectivity index (χ3n) is 5.32. The summed E-state index contributed by atoms with van der Waals surface area (Å²) in [4.78, 5) is 27.1. The maximum atomic E-state index is 12.9. The van der Waals surface area contributed by atoms with E-state index in [1.807, 2.05) is 78.9 Å². The summed E-state index contributed by atoms with van der Waals surface area (Å²) in [5, 5.41) is 4.81. The quantitative estimate of drug-likeness (QED) is 0.687. The highest BCUT2D eigenvalue weighted by molar-refractivity contribution is 6.01. The van der Waals surface area contributed by atoms with Gasteiger partial charge in [-0.3, -0.25) is 9.59 Å². The van der Waals surface area contributed by atoms with Crippen LogP contribution in [-0.2, 0) is 16.1 Å². The molecule has 2 N–H and O–H groups in total. The van der Waals surface area contributed by atoms with Crippen molar-refractivity contribution < 1.29 is 22.8 Å². The molecule has 2 aromatic carbocycles. The first kappa shape index (κ1) is 22.8. The molecule has 1 saturated heterocycles. The molecule has 3 unspecified atom stereocenters. The summed E-state index contributed by atoms with van der Waals surface area (Å²) in [6.45, 7) is 0.769. The molecule has 166 valence electrons. The first-order chi connectivity index (χ1) is 14.6. The van der Waals surface area contributed by atoms with Gasteiger partial charge in [0.05, 0.1) is 6.04 Å². The molecular weight excluding hydrogens is 407 g/mol. The fraction of sp³-hybridized carbons (Fsp3) is 0.391. The van der Waals surface area contributed by atoms with Crippen LogP contribution < -0.4 is 10.6 Å². The molecular formula is C23H26F3N3O2. The lowest BCUT2D eigenvalue weighted by atomic mass is 9.91. The summed E-state index contributed by atoms with van der Waals surface area (Å²) >= 11 is 0. The monoisotopic (exact) mass is 433 g/mol. The molecule has 31 heavy (non-hydrogen) atoms. The van der Waals surface area contributed by atoms with E-state index in [9.17, 15) is 22.8 Å². The minimum atomic E-state index is -4.52. The molecule has 0 aromatic heterocycles. The van der Waals surface area contributed by atoms with Crippen molar-refractivity contribution in [1.82, 2.24) is 15.5 Å². The Hall–Kier alpha value is -2.87. The van der Waals surface area contributed by atoms with Crippen LogP contribution in [0, 0.1) is 5.92 Å². The molecule has 3 rings (SSSR count). The first-order valence-electron chi connectivity index (χ1n) is 10.1. The maximum absolute atomic E-state index is 12.9. The van der Waals surface area contributed by atoms with Crippen molar-refractivity contribution >= 4 is 11.8 Å². The molecule has 3 atom stereocenters. The predicted molar refractivity (Wildman–Crippen MR) is 111 cm³/mol. The highest BCUT2D eigenvalue weighted by Crippen LogP contribution is 2.29. The van der Waals surface area contributed by atoms with Crippen molar-refractivity contribution in [3.63, 3.8) is 0 Å². The van der Waals surface area contributed by atoms with Gasteiger partial charge in [-0.25, -0.2) is 0 Å². The second-order valence-electron chi connectivity index (χ2n) is 8.06. The number of benzene rings is 2. The minimum absolute atomic E-state index is 0.148. The number of hydrogen-bond donors (Lipinski definition) is 2. The fourth-order valence-corrected chi connectivity index (χ4v) is 3.73. The molecule has 8 heteroatoms. The van der Waals surface area contributed by atoms with Gasteiger partial charge in [0.2, 0.25) is 11.8 Å². The van der Waals surface area contributed by atoms with Gasteiger partial charge < -0.3 is 15.5 Å². The lowest BCUT2D eigenvalue weighted by molar-refractivity contribution is -0.171. The molecule has 0 bridgehead atoms. The number of carbonyl (C=O) groups excluding carboxylic acids is 2. The zero-order valence-electron chi connectivity index (χ0n) is 17.4. The third-order valence-corrected chi connectivity index (χ3v) is 5.32.